The largest absolute Gasteiger partial charge is 0.496 e. The lowest BCUT2D eigenvalue weighted by atomic mass is 9.76. The third-order valence-corrected chi connectivity index (χ3v) is 5.65. The zero-order valence-electron chi connectivity index (χ0n) is 15.7. The maximum Gasteiger partial charge on any atom is 0.218 e. The van der Waals surface area contributed by atoms with Crippen LogP contribution in [0.5, 0.6) is 5.75 Å². The summed E-state index contributed by atoms with van der Waals surface area (Å²) in [6.45, 7) is 5.06. The summed E-state index contributed by atoms with van der Waals surface area (Å²) in [5, 5.41) is 9.62. The Morgan fingerprint density at radius 2 is 1.85 bits per heavy atom. The number of aliphatic imine (C=N–C) groups is 1. The molecular weight excluding hydrogens is 334 g/mol. The van der Waals surface area contributed by atoms with Gasteiger partial charge in [0.2, 0.25) is 5.90 Å². The van der Waals surface area contributed by atoms with E-state index in [9.17, 15) is 5.11 Å². The monoisotopic (exact) mass is 361 g/mol. The Morgan fingerprint density at radius 3 is 2.46 bits per heavy atom. The molecule has 142 valence electrons. The quantitative estimate of drug-likeness (QED) is 0.896. The average molecular weight is 361 g/mol. The lowest BCUT2D eigenvalue weighted by Gasteiger charge is -2.41. The number of hydrogen-bond donors (Lipinski definition) is 1. The Bertz CT molecular complexity index is 711. The third kappa shape index (κ3) is 2.80. The first-order valence-corrected chi connectivity index (χ1v) is 9.28. The lowest BCUT2D eigenvalue weighted by molar-refractivity contribution is -0.200. The predicted molar refractivity (Wildman–Crippen MR) is 96.6 cm³/mol. The van der Waals surface area contributed by atoms with Crippen LogP contribution in [0, 0.1) is 0 Å². The minimum Gasteiger partial charge on any atom is -0.496 e. The van der Waals surface area contributed by atoms with E-state index in [1.54, 1.807) is 7.11 Å². The van der Waals surface area contributed by atoms with E-state index < -0.39 is 16.9 Å². The second-order valence-electron chi connectivity index (χ2n) is 7.97. The van der Waals surface area contributed by atoms with Crippen molar-refractivity contribution in [3.05, 3.63) is 29.3 Å². The summed E-state index contributed by atoms with van der Waals surface area (Å²) in [5.74, 6) is 0.946. The Morgan fingerprint density at radius 1 is 1.15 bits per heavy atom. The molecule has 2 heterocycles. The van der Waals surface area contributed by atoms with Crippen LogP contribution in [-0.4, -0.2) is 49.3 Å². The fraction of sp³-hybridized carbons (Fsp3) is 0.650. The van der Waals surface area contributed by atoms with Crippen molar-refractivity contribution in [3.63, 3.8) is 0 Å². The normalized spacial score (nSPS) is 24.8. The number of rotatable bonds is 3. The molecule has 1 aliphatic carbocycles. The Balaban J connectivity index is 1.74. The van der Waals surface area contributed by atoms with E-state index in [1.807, 2.05) is 32.0 Å². The second-order valence-corrected chi connectivity index (χ2v) is 7.97. The highest BCUT2D eigenvalue weighted by molar-refractivity contribution is 6.00. The smallest absolute Gasteiger partial charge is 0.218 e. The zero-order chi connectivity index (χ0) is 18.4. The molecule has 1 aromatic carbocycles. The van der Waals surface area contributed by atoms with Crippen molar-refractivity contribution in [1.29, 1.82) is 0 Å². The number of fused-ring (bicyclic) bond motifs is 2. The van der Waals surface area contributed by atoms with Crippen molar-refractivity contribution in [1.82, 2.24) is 0 Å². The van der Waals surface area contributed by atoms with Crippen LogP contribution in [0.15, 0.2) is 23.2 Å². The molecule has 6 heteroatoms. The Kier molecular flexibility index (Phi) is 4.25. The van der Waals surface area contributed by atoms with Gasteiger partial charge in [-0.25, -0.2) is 4.99 Å². The highest BCUT2D eigenvalue weighted by atomic mass is 16.7. The van der Waals surface area contributed by atoms with Crippen molar-refractivity contribution >= 4 is 5.90 Å². The molecule has 0 bridgehead atoms. The molecule has 6 nitrogen and oxygen atoms in total. The highest BCUT2D eigenvalue weighted by Crippen LogP contribution is 2.53. The average Bonchev–Trinajstić information content (AvgIpc) is 3.22. The van der Waals surface area contributed by atoms with Gasteiger partial charge < -0.3 is 24.1 Å². The summed E-state index contributed by atoms with van der Waals surface area (Å²) >= 11 is 0. The molecule has 1 aromatic rings. The predicted octanol–water partition coefficient (Wildman–Crippen LogP) is 2.76. The summed E-state index contributed by atoms with van der Waals surface area (Å²) in [6.07, 6.45) is 3.11. The molecule has 4 rings (SSSR count). The highest BCUT2D eigenvalue weighted by Gasteiger charge is 2.54. The number of aliphatic hydroxyl groups is 1. The van der Waals surface area contributed by atoms with E-state index in [-0.39, 0.29) is 6.61 Å². The molecule has 0 amide bonds. The van der Waals surface area contributed by atoms with Gasteiger partial charge in [0.1, 0.15) is 11.4 Å². The molecule has 1 saturated carbocycles. The topological polar surface area (TPSA) is 69.5 Å². The first kappa shape index (κ1) is 17.8. The van der Waals surface area contributed by atoms with Gasteiger partial charge in [0.05, 0.1) is 38.0 Å². The van der Waals surface area contributed by atoms with Crippen LogP contribution in [-0.2, 0) is 19.8 Å². The fourth-order valence-corrected chi connectivity index (χ4v) is 4.21. The summed E-state index contributed by atoms with van der Waals surface area (Å²) < 4.78 is 23.9. The Hall–Kier alpha value is -1.63. The van der Waals surface area contributed by atoms with Gasteiger partial charge in [-0.2, -0.15) is 0 Å². The van der Waals surface area contributed by atoms with Crippen molar-refractivity contribution in [2.45, 2.75) is 56.5 Å². The molecule has 0 unspecified atom stereocenters. The lowest BCUT2D eigenvalue weighted by Crippen LogP contribution is -2.42. The Labute approximate surface area is 154 Å². The molecule has 26 heavy (non-hydrogen) atoms. The van der Waals surface area contributed by atoms with Gasteiger partial charge in [-0.15, -0.1) is 0 Å². The summed E-state index contributed by atoms with van der Waals surface area (Å²) in [7, 11) is 1.68. The van der Waals surface area contributed by atoms with Gasteiger partial charge in [-0.3, -0.25) is 0 Å². The van der Waals surface area contributed by atoms with Crippen molar-refractivity contribution in [2.75, 3.05) is 26.9 Å². The van der Waals surface area contributed by atoms with Gasteiger partial charge in [0, 0.05) is 18.4 Å². The van der Waals surface area contributed by atoms with Crippen molar-refractivity contribution in [2.24, 2.45) is 4.99 Å². The molecule has 0 radical (unpaired) electrons. The van der Waals surface area contributed by atoms with Crippen LogP contribution < -0.4 is 4.74 Å². The SMILES string of the molecule is COc1cccc2c1C1(CCC3(CC1)OCCO3)O/C2=N\C(C)(C)CO. The van der Waals surface area contributed by atoms with E-state index in [2.05, 4.69) is 0 Å². The number of methoxy groups -OCH3 is 1. The molecule has 0 atom stereocenters. The zero-order valence-corrected chi connectivity index (χ0v) is 15.7. The summed E-state index contributed by atoms with van der Waals surface area (Å²) in [4.78, 5) is 4.71. The van der Waals surface area contributed by atoms with Gasteiger partial charge in [-0.1, -0.05) is 6.07 Å². The third-order valence-electron chi connectivity index (χ3n) is 5.65. The van der Waals surface area contributed by atoms with Gasteiger partial charge in [0.15, 0.2) is 5.79 Å². The minimum atomic E-state index is -0.602. The molecule has 1 saturated heterocycles. The van der Waals surface area contributed by atoms with Gasteiger partial charge in [0.25, 0.3) is 0 Å². The standard InChI is InChI=1S/C20H27NO5/c1-18(2,13-22)21-17-14-5-4-6-15(23-3)16(14)19(26-17)7-9-20(10-8-19)24-11-12-25-20/h4-6,22H,7-13H2,1-3H3/b21-17-. The molecule has 2 fully saturated rings. The first-order valence-electron chi connectivity index (χ1n) is 9.28. The van der Waals surface area contributed by atoms with E-state index in [1.165, 1.54) is 0 Å². The van der Waals surface area contributed by atoms with Gasteiger partial charge in [-0.05, 0) is 38.8 Å². The van der Waals surface area contributed by atoms with E-state index in [4.69, 9.17) is 23.9 Å². The molecule has 2 spiro atoms. The van der Waals surface area contributed by atoms with Crippen LogP contribution in [0.4, 0.5) is 0 Å². The van der Waals surface area contributed by atoms with Crippen LogP contribution in [0.25, 0.3) is 0 Å². The fourth-order valence-electron chi connectivity index (χ4n) is 4.21. The molecule has 2 aliphatic heterocycles. The van der Waals surface area contributed by atoms with Crippen LogP contribution in [0.2, 0.25) is 0 Å². The van der Waals surface area contributed by atoms with E-state index >= 15 is 0 Å². The number of benzene rings is 1. The molecular formula is C20H27NO5. The van der Waals surface area contributed by atoms with Crippen LogP contribution in [0.1, 0.15) is 50.7 Å². The van der Waals surface area contributed by atoms with Gasteiger partial charge >= 0.3 is 0 Å². The second kappa shape index (κ2) is 6.22. The number of hydrogen-bond acceptors (Lipinski definition) is 6. The molecule has 3 aliphatic rings. The maximum atomic E-state index is 9.62. The van der Waals surface area contributed by atoms with E-state index in [0.29, 0.717) is 19.1 Å². The number of aliphatic hydroxyl groups excluding tert-OH is 1. The van der Waals surface area contributed by atoms with E-state index in [0.717, 1.165) is 42.6 Å². The summed E-state index contributed by atoms with van der Waals surface area (Å²) in [5.41, 5.74) is 0.930. The van der Waals surface area contributed by atoms with Crippen LogP contribution in [0.3, 0.4) is 0 Å². The molecule has 0 aromatic heterocycles. The number of nitrogens with zero attached hydrogens (tertiary/aromatic N) is 1. The summed E-state index contributed by atoms with van der Waals surface area (Å²) in [6, 6.07) is 5.94. The van der Waals surface area contributed by atoms with Crippen molar-refractivity contribution in [3.8, 4) is 5.75 Å². The maximum absolute atomic E-state index is 9.62. The first-order chi connectivity index (χ1) is 12.4. The van der Waals surface area contributed by atoms with Crippen LogP contribution >= 0.6 is 0 Å². The molecule has 1 N–H and O–H groups in total. The van der Waals surface area contributed by atoms with Crippen molar-refractivity contribution < 1.29 is 24.1 Å². The number of ether oxygens (including phenoxy) is 4. The minimum absolute atomic E-state index is 0.0447.